The topological polar surface area (TPSA) is 102 Å². The number of morpholine rings is 1. The van der Waals surface area contributed by atoms with Crippen molar-refractivity contribution in [3.05, 3.63) is 42.0 Å². The molecule has 0 bridgehead atoms. The fourth-order valence-corrected chi connectivity index (χ4v) is 2.42. The first kappa shape index (κ1) is 16.3. The number of aliphatic imine (C=N–C) groups is 1. The van der Waals surface area contributed by atoms with E-state index in [1.165, 1.54) is 0 Å². The lowest BCUT2D eigenvalue weighted by atomic mass is 10.3. The molecule has 8 heteroatoms. The van der Waals surface area contributed by atoms with E-state index >= 15 is 0 Å². The zero-order chi connectivity index (χ0) is 16.8. The second-order valence-corrected chi connectivity index (χ2v) is 5.60. The van der Waals surface area contributed by atoms with Crippen molar-refractivity contribution in [3.63, 3.8) is 0 Å². The lowest BCUT2D eigenvalue weighted by Crippen LogP contribution is -2.47. The maximum absolute atomic E-state index is 6.03. The Balaban J connectivity index is 1.51. The minimum absolute atomic E-state index is 0.165. The number of aromatic nitrogens is 3. The molecular weight excluding hydrogens is 308 g/mol. The van der Waals surface area contributed by atoms with Gasteiger partial charge in [-0.15, -0.1) is 0 Å². The summed E-state index contributed by atoms with van der Waals surface area (Å²) in [5.74, 6) is 2.53. The van der Waals surface area contributed by atoms with Crippen LogP contribution in [0.2, 0.25) is 0 Å². The van der Waals surface area contributed by atoms with Crippen molar-refractivity contribution >= 4 is 5.96 Å². The molecular formula is C16H22N6O2. The van der Waals surface area contributed by atoms with Gasteiger partial charge >= 0.3 is 0 Å². The van der Waals surface area contributed by atoms with Crippen molar-refractivity contribution in [2.24, 2.45) is 10.7 Å². The molecule has 8 nitrogen and oxygen atoms in total. The van der Waals surface area contributed by atoms with Crippen LogP contribution in [-0.2, 0) is 17.9 Å². The minimum atomic E-state index is 0.165. The van der Waals surface area contributed by atoms with Crippen LogP contribution in [0.15, 0.2) is 35.3 Å². The molecule has 0 spiro atoms. The summed E-state index contributed by atoms with van der Waals surface area (Å²) in [5, 5.41) is 7.00. The highest BCUT2D eigenvalue weighted by Gasteiger charge is 2.18. The number of aromatic amines is 1. The maximum Gasteiger partial charge on any atom is 0.191 e. The first-order valence-electron chi connectivity index (χ1n) is 7.95. The molecule has 1 saturated heterocycles. The van der Waals surface area contributed by atoms with E-state index in [4.69, 9.17) is 15.2 Å². The molecule has 0 saturated carbocycles. The maximum atomic E-state index is 6.03. The van der Waals surface area contributed by atoms with Gasteiger partial charge in [0.1, 0.15) is 18.9 Å². The lowest BCUT2D eigenvalue weighted by molar-refractivity contribution is 0.00528. The summed E-state index contributed by atoms with van der Waals surface area (Å²) in [6.45, 7) is 4.85. The summed E-state index contributed by atoms with van der Waals surface area (Å²) in [5.41, 5.74) is 6.03. The zero-order valence-electron chi connectivity index (χ0n) is 13.7. The van der Waals surface area contributed by atoms with Crippen LogP contribution in [0.5, 0.6) is 5.75 Å². The summed E-state index contributed by atoms with van der Waals surface area (Å²) in [4.78, 5) is 10.7. The van der Waals surface area contributed by atoms with Crippen molar-refractivity contribution in [2.75, 3.05) is 19.7 Å². The number of nitrogens with two attached hydrogens (primary N) is 1. The lowest BCUT2D eigenvalue weighted by Gasteiger charge is -2.31. The SMILES string of the molecule is CC1CN(C(N)=NCc2n[nH]c(COc3ccccc3)n2)CCO1. The number of hydrogen-bond donors (Lipinski definition) is 2. The van der Waals surface area contributed by atoms with Crippen molar-refractivity contribution in [3.8, 4) is 5.75 Å². The number of hydrogen-bond acceptors (Lipinski definition) is 5. The van der Waals surface area contributed by atoms with Crippen LogP contribution in [0.4, 0.5) is 0 Å². The fraction of sp³-hybridized carbons (Fsp3) is 0.438. The Labute approximate surface area is 140 Å². The van der Waals surface area contributed by atoms with Crippen molar-refractivity contribution in [1.29, 1.82) is 0 Å². The second kappa shape index (κ2) is 7.78. The molecule has 3 rings (SSSR count). The molecule has 3 N–H and O–H groups in total. The number of ether oxygens (including phenoxy) is 2. The van der Waals surface area contributed by atoms with Crippen LogP contribution in [0.1, 0.15) is 18.6 Å². The van der Waals surface area contributed by atoms with E-state index in [1.807, 2.05) is 42.2 Å². The van der Waals surface area contributed by atoms with Gasteiger partial charge < -0.3 is 20.1 Å². The Hall–Kier alpha value is -2.61. The number of rotatable bonds is 5. The van der Waals surface area contributed by atoms with E-state index in [9.17, 15) is 0 Å². The number of guanidine groups is 1. The third-order valence-electron chi connectivity index (χ3n) is 3.64. The molecule has 2 heterocycles. The molecule has 0 radical (unpaired) electrons. The molecule has 1 aliphatic rings. The first-order chi connectivity index (χ1) is 11.7. The van der Waals surface area contributed by atoms with Gasteiger partial charge in [-0.3, -0.25) is 5.10 Å². The molecule has 1 aromatic carbocycles. The van der Waals surface area contributed by atoms with Gasteiger partial charge in [0.15, 0.2) is 17.6 Å². The molecule has 128 valence electrons. The van der Waals surface area contributed by atoms with Crippen molar-refractivity contribution < 1.29 is 9.47 Å². The van der Waals surface area contributed by atoms with Gasteiger partial charge in [0.05, 0.1) is 12.7 Å². The van der Waals surface area contributed by atoms with Crippen LogP contribution in [0.3, 0.4) is 0 Å². The van der Waals surface area contributed by atoms with E-state index in [-0.39, 0.29) is 6.10 Å². The van der Waals surface area contributed by atoms with Crippen molar-refractivity contribution in [1.82, 2.24) is 20.1 Å². The highest BCUT2D eigenvalue weighted by Crippen LogP contribution is 2.10. The second-order valence-electron chi connectivity index (χ2n) is 5.60. The van der Waals surface area contributed by atoms with Gasteiger partial charge in [-0.1, -0.05) is 18.2 Å². The van der Waals surface area contributed by atoms with Crippen LogP contribution in [0.25, 0.3) is 0 Å². The number of para-hydroxylation sites is 1. The minimum Gasteiger partial charge on any atom is -0.486 e. The summed E-state index contributed by atoms with van der Waals surface area (Å²) in [6, 6.07) is 9.57. The van der Waals surface area contributed by atoms with Crippen molar-refractivity contribution in [2.45, 2.75) is 26.2 Å². The Morgan fingerprint density at radius 2 is 2.29 bits per heavy atom. The van der Waals surface area contributed by atoms with Gasteiger partial charge in [-0.2, -0.15) is 5.10 Å². The predicted molar refractivity (Wildman–Crippen MR) is 89.5 cm³/mol. The van der Waals surface area contributed by atoms with E-state index < -0.39 is 0 Å². The molecule has 0 aliphatic carbocycles. The number of benzene rings is 1. The molecule has 1 aromatic heterocycles. The van der Waals surface area contributed by atoms with Crippen LogP contribution in [-0.4, -0.2) is 51.8 Å². The van der Waals surface area contributed by atoms with Gasteiger partial charge in [-0.05, 0) is 19.1 Å². The summed E-state index contributed by atoms with van der Waals surface area (Å²) < 4.78 is 11.1. The quantitative estimate of drug-likeness (QED) is 0.624. The Bertz CT molecular complexity index is 672. The molecule has 24 heavy (non-hydrogen) atoms. The molecule has 1 aliphatic heterocycles. The normalized spacial score (nSPS) is 18.6. The third-order valence-corrected chi connectivity index (χ3v) is 3.64. The number of H-pyrrole nitrogens is 1. The number of nitrogens with one attached hydrogen (secondary N) is 1. The average molecular weight is 330 g/mol. The van der Waals surface area contributed by atoms with Gasteiger partial charge in [0.25, 0.3) is 0 Å². The molecule has 1 fully saturated rings. The summed E-state index contributed by atoms with van der Waals surface area (Å²) in [6.07, 6.45) is 0.165. The van der Waals surface area contributed by atoms with E-state index in [1.54, 1.807) is 0 Å². The predicted octanol–water partition coefficient (Wildman–Crippen LogP) is 0.919. The number of nitrogens with zero attached hydrogens (tertiary/aromatic N) is 4. The Kier molecular flexibility index (Phi) is 5.27. The largest absolute Gasteiger partial charge is 0.486 e. The van der Waals surface area contributed by atoms with Gasteiger partial charge in [-0.25, -0.2) is 9.98 Å². The standard InChI is InChI=1S/C16H22N6O2/c1-12-10-22(7-8-23-12)16(17)18-9-14-19-15(21-20-14)11-24-13-5-3-2-4-6-13/h2-6,12H,7-11H2,1H3,(H2,17,18)(H,19,20,21). The van der Waals surface area contributed by atoms with Gasteiger partial charge in [0, 0.05) is 13.1 Å². The summed E-state index contributed by atoms with van der Waals surface area (Å²) >= 11 is 0. The third kappa shape index (κ3) is 4.45. The van der Waals surface area contributed by atoms with Crippen LogP contribution < -0.4 is 10.5 Å². The average Bonchev–Trinajstić information content (AvgIpc) is 3.07. The monoisotopic (exact) mass is 330 g/mol. The van der Waals surface area contributed by atoms with Gasteiger partial charge in [0.2, 0.25) is 0 Å². The van der Waals surface area contributed by atoms with E-state index in [2.05, 4.69) is 20.2 Å². The van der Waals surface area contributed by atoms with E-state index in [0.29, 0.717) is 37.4 Å². The molecule has 0 amide bonds. The zero-order valence-corrected chi connectivity index (χ0v) is 13.7. The highest BCUT2D eigenvalue weighted by atomic mass is 16.5. The Morgan fingerprint density at radius 3 is 3.08 bits per heavy atom. The van der Waals surface area contributed by atoms with Crippen LogP contribution in [0, 0.1) is 0 Å². The Morgan fingerprint density at radius 1 is 1.46 bits per heavy atom. The highest BCUT2D eigenvalue weighted by molar-refractivity contribution is 5.78. The van der Waals surface area contributed by atoms with E-state index in [0.717, 1.165) is 18.8 Å². The summed E-state index contributed by atoms with van der Waals surface area (Å²) in [7, 11) is 0. The van der Waals surface area contributed by atoms with Crippen LogP contribution >= 0.6 is 0 Å². The molecule has 1 atom stereocenters. The molecule has 1 unspecified atom stereocenters. The smallest absolute Gasteiger partial charge is 0.191 e. The molecule has 2 aromatic rings. The first-order valence-corrected chi connectivity index (χ1v) is 7.95. The fourth-order valence-electron chi connectivity index (χ4n) is 2.42.